The van der Waals surface area contributed by atoms with E-state index < -0.39 is 0 Å². The Morgan fingerprint density at radius 1 is 1.27 bits per heavy atom. The average Bonchev–Trinajstić information content (AvgIpc) is 1.91. The molecule has 0 spiro atoms. The van der Waals surface area contributed by atoms with Crippen LogP contribution in [-0.2, 0) is 9.47 Å². The zero-order valence-corrected chi connectivity index (χ0v) is 8.19. The second kappa shape index (κ2) is 8.27. The fourth-order valence-corrected chi connectivity index (χ4v) is 0.915. The lowest BCUT2D eigenvalue weighted by molar-refractivity contribution is -0.117. The highest BCUT2D eigenvalue weighted by Gasteiger charge is 2.14. The van der Waals surface area contributed by atoms with Crippen LogP contribution >= 0.6 is 12.4 Å². The summed E-state index contributed by atoms with van der Waals surface area (Å²) in [6.07, 6.45) is 1.75. The minimum absolute atomic E-state index is 0. The number of methoxy groups -OCH3 is 2. The van der Waals surface area contributed by atoms with Gasteiger partial charge < -0.3 is 15.2 Å². The van der Waals surface area contributed by atoms with E-state index in [9.17, 15) is 0 Å². The zero-order chi connectivity index (χ0) is 7.98. The van der Waals surface area contributed by atoms with Crippen molar-refractivity contribution in [3.63, 3.8) is 0 Å². The average molecular weight is 184 g/mol. The summed E-state index contributed by atoms with van der Waals surface area (Å²) in [5, 5.41) is 0. The predicted octanol–water partition coefficient (Wildman–Crippen LogP) is 1.15. The maximum atomic E-state index is 5.70. The molecular formula is C7H18ClNO2. The number of hydrogen-bond donors (Lipinski definition) is 1. The van der Waals surface area contributed by atoms with Gasteiger partial charge in [-0.15, -0.1) is 12.4 Å². The van der Waals surface area contributed by atoms with E-state index in [1.54, 1.807) is 14.2 Å². The summed E-state index contributed by atoms with van der Waals surface area (Å²) in [6.45, 7) is 2.09. The summed E-state index contributed by atoms with van der Waals surface area (Å²) in [5.74, 6) is 0. The van der Waals surface area contributed by atoms with Crippen molar-refractivity contribution in [2.75, 3.05) is 14.2 Å². The predicted molar refractivity (Wildman–Crippen MR) is 47.9 cm³/mol. The van der Waals surface area contributed by atoms with Crippen molar-refractivity contribution >= 4 is 12.4 Å². The Kier molecular flexibility index (Phi) is 10.3. The zero-order valence-electron chi connectivity index (χ0n) is 7.37. The van der Waals surface area contributed by atoms with Crippen LogP contribution in [-0.4, -0.2) is 26.6 Å². The van der Waals surface area contributed by atoms with Crippen molar-refractivity contribution in [2.24, 2.45) is 5.73 Å². The van der Waals surface area contributed by atoms with Gasteiger partial charge in [0.2, 0.25) is 0 Å². The van der Waals surface area contributed by atoms with Gasteiger partial charge in [-0.2, -0.15) is 0 Å². The monoisotopic (exact) mass is 183 g/mol. The molecule has 3 nitrogen and oxygen atoms in total. The first-order valence-corrected chi connectivity index (χ1v) is 3.57. The van der Waals surface area contributed by atoms with Crippen LogP contribution in [0.4, 0.5) is 0 Å². The molecule has 0 radical (unpaired) electrons. The normalized spacial score (nSPS) is 12.8. The first-order chi connectivity index (χ1) is 4.76. The van der Waals surface area contributed by atoms with Crippen LogP contribution in [0.2, 0.25) is 0 Å². The van der Waals surface area contributed by atoms with Gasteiger partial charge in [0.05, 0.1) is 6.04 Å². The van der Waals surface area contributed by atoms with Gasteiger partial charge in [-0.05, 0) is 6.42 Å². The van der Waals surface area contributed by atoms with E-state index in [2.05, 4.69) is 6.92 Å². The smallest absolute Gasteiger partial charge is 0.171 e. The van der Waals surface area contributed by atoms with Gasteiger partial charge in [-0.25, -0.2) is 0 Å². The molecule has 0 heterocycles. The van der Waals surface area contributed by atoms with Crippen molar-refractivity contribution in [3.05, 3.63) is 0 Å². The van der Waals surface area contributed by atoms with E-state index in [-0.39, 0.29) is 24.7 Å². The van der Waals surface area contributed by atoms with Crippen LogP contribution in [0.1, 0.15) is 19.8 Å². The lowest BCUT2D eigenvalue weighted by atomic mass is 10.2. The standard InChI is InChI=1S/C7H17NO2.ClH/c1-4-5-6(8)7(9-2)10-3;/h6-7H,4-5,8H2,1-3H3;1H. The Morgan fingerprint density at radius 3 is 2.00 bits per heavy atom. The quantitative estimate of drug-likeness (QED) is 0.651. The second-order valence-corrected chi connectivity index (χ2v) is 2.29. The van der Waals surface area contributed by atoms with Crippen LogP contribution in [0.15, 0.2) is 0 Å². The molecule has 0 amide bonds. The second-order valence-electron chi connectivity index (χ2n) is 2.29. The van der Waals surface area contributed by atoms with E-state index in [4.69, 9.17) is 15.2 Å². The summed E-state index contributed by atoms with van der Waals surface area (Å²) in [5.41, 5.74) is 5.70. The molecule has 1 unspecified atom stereocenters. The van der Waals surface area contributed by atoms with Crippen molar-refractivity contribution in [2.45, 2.75) is 32.1 Å². The maximum Gasteiger partial charge on any atom is 0.171 e. The molecule has 0 saturated carbocycles. The third kappa shape index (κ3) is 5.44. The van der Waals surface area contributed by atoms with E-state index >= 15 is 0 Å². The molecule has 2 N–H and O–H groups in total. The Bertz CT molecular complexity index is 78.8. The summed E-state index contributed by atoms with van der Waals surface area (Å²) in [4.78, 5) is 0. The fraction of sp³-hybridized carbons (Fsp3) is 1.00. The fourth-order valence-electron chi connectivity index (χ4n) is 0.915. The number of ether oxygens (including phenoxy) is 2. The number of nitrogens with two attached hydrogens (primary N) is 1. The SMILES string of the molecule is CCCC(N)C(OC)OC.Cl. The van der Waals surface area contributed by atoms with Gasteiger partial charge in [-0.3, -0.25) is 0 Å². The van der Waals surface area contributed by atoms with Crippen LogP contribution < -0.4 is 5.73 Å². The Morgan fingerprint density at radius 2 is 1.73 bits per heavy atom. The van der Waals surface area contributed by atoms with E-state index in [0.717, 1.165) is 12.8 Å². The Hall–Kier alpha value is 0.170. The molecule has 0 bridgehead atoms. The summed E-state index contributed by atoms with van der Waals surface area (Å²) in [7, 11) is 3.20. The lowest BCUT2D eigenvalue weighted by Crippen LogP contribution is -2.37. The Labute approximate surface area is 74.6 Å². The molecule has 0 aliphatic rings. The molecule has 0 aromatic heterocycles. The van der Waals surface area contributed by atoms with Gasteiger partial charge in [0.25, 0.3) is 0 Å². The van der Waals surface area contributed by atoms with E-state index in [0.29, 0.717) is 0 Å². The number of hydrogen-bond acceptors (Lipinski definition) is 3. The molecule has 0 aliphatic carbocycles. The third-order valence-corrected chi connectivity index (χ3v) is 1.44. The number of halogens is 1. The molecule has 0 rings (SSSR count). The minimum atomic E-state index is -0.250. The molecule has 0 aliphatic heterocycles. The van der Waals surface area contributed by atoms with Crippen molar-refractivity contribution in [3.8, 4) is 0 Å². The minimum Gasteiger partial charge on any atom is -0.354 e. The number of rotatable bonds is 5. The molecule has 0 aromatic carbocycles. The molecule has 0 saturated heterocycles. The van der Waals surface area contributed by atoms with Crippen molar-refractivity contribution in [1.29, 1.82) is 0 Å². The summed E-state index contributed by atoms with van der Waals surface area (Å²) >= 11 is 0. The molecule has 0 aromatic rings. The van der Waals surface area contributed by atoms with Crippen molar-refractivity contribution in [1.82, 2.24) is 0 Å². The highest BCUT2D eigenvalue weighted by molar-refractivity contribution is 5.85. The lowest BCUT2D eigenvalue weighted by Gasteiger charge is -2.19. The van der Waals surface area contributed by atoms with E-state index in [1.165, 1.54) is 0 Å². The highest BCUT2D eigenvalue weighted by atomic mass is 35.5. The first-order valence-electron chi connectivity index (χ1n) is 3.57. The van der Waals surface area contributed by atoms with Gasteiger partial charge in [0.15, 0.2) is 6.29 Å². The molecular weight excluding hydrogens is 166 g/mol. The van der Waals surface area contributed by atoms with Crippen LogP contribution in [0.25, 0.3) is 0 Å². The third-order valence-electron chi connectivity index (χ3n) is 1.44. The van der Waals surface area contributed by atoms with Crippen LogP contribution in [0.3, 0.4) is 0 Å². The van der Waals surface area contributed by atoms with E-state index in [1.807, 2.05) is 0 Å². The molecule has 0 fully saturated rings. The topological polar surface area (TPSA) is 44.5 Å². The largest absolute Gasteiger partial charge is 0.354 e. The highest BCUT2D eigenvalue weighted by Crippen LogP contribution is 2.02. The van der Waals surface area contributed by atoms with Gasteiger partial charge in [0, 0.05) is 14.2 Å². The first kappa shape index (κ1) is 13.7. The molecule has 1 atom stereocenters. The maximum absolute atomic E-state index is 5.70. The van der Waals surface area contributed by atoms with Crippen LogP contribution in [0, 0.1) is 0 Å². The van der Waals surface area contributed by atoms with Crippen LogP contribution in [0.5, 0.6) is 0 Å². The molecule has 70 valence electrons. The van der Waals surface area contributed by atoms with Gasteiger partial charge in [0.1, 0.15) is 0 Å². The Balaban J connectivity index is 0. The summed E-state index contributed by atoms with van der Waals surface area (Å²) < 4.78 is 9.93. The molecule has 11 heavy (non-hydrogen) atoms. The summed E-state index contributed by atoms with van der Waals surface area (Å²) in [6, 6.07) is -0.000000000000000222. The molecule has 4 heteroatoms. The van der Waals surface area contributed by atoms with Crippen molar-refractivity contribution < 1.29 is 9.47 Å². The van der Waals surface area contributed by atoms with Gasteiger partial charge >= 0.3 is 0 Å². The van der Waals surface area contributed by atoms with Gasteiger partial charge in [-0.1, -0.05) is 13.3 Å².